The molecular weight excluding hydrogens is 615 g/mol. The first-order chi connectivity index (χ1) is 20.3. The molecule has 0 radical (unpaired) electrons. The van der Waals surface area contributed by atoms with Crippen molar-refractivity contribution in [3.8, 4) is 22.8 Å². The van der Waals surface area contributed by atoms with Crippen LogP contribution in [0.5, 0.6) is 11.5 Å². The summed E-state index contributed by atoms with van der Waals surface area (Å²) in [6.07, 6.45) is -0.434. The molecule has 226 valence electrons. The summed E-state index contributed by atoms with van der Waals surface area (Å²) in [5.74, 6) is -0.693. The van der Waals surface area contributed by atoms with E-state index in [-0.39, 0.29) is 4.90 Å². The van der Waals surface area contributed by atoms with Crippen molar-refractivity contribution in [1.29, 1.82) is 0 Å². The summed E-state index contributed by atoms with van der Waals surface area (Å²) < 4.78 is 63.3. The lowest BCUT2D eigenvalue weighted by molar-refractivity contribution is -0.192. The van der Waals surface area contributed by atoms with Gasteiger partial charge in [0.1, 0.15) is 11.3 Å². The monoisotopic (exact) mass is 637 g/mol. The van der Waals surface area contributed by atoms with Crippen LogP contribution in [-0.2, 0) is 21.2 Å². The van der Waals surface area contributed by atoms with E-state index in [9.17, 15) is 21.6 Å². The Morgan fingerprint density at radius 2 is 1.88 bits per heavy atom. The van der Waals surface area contributed by atoms with E-state index in [4.69, 9.17) is 32.0 Å². The van der Waals surface area contributed by atoms with Gasteiger partial charge >= 0.3 is 12.1 Å². The molecule has 0 atom stereocenters. The lowest BCUT2D eigenvalue weighted by Crippen LogP contribution is -2.21. The van der Waals surface area contributed by atoms with Crippen molar-refractivity contribution < 1.29 is 36.2 Å². The summed E-state index contributed by atoms with van der Waals surface area (Å²) >= 11 is 6.44. The smallest absolute Gasteiger partial charge is 0.475 e. The van der Waals surface area contributed by atoms with E-state index in [1.807, 2.05) is 18.3 Å². The number of hydrogen-bond acceptors (Lipinski definition) is 9. The van der Waals surface area contributed by atoms with E-state index in [0.29, 0.717) is 58.0 Å². The number of halogens is 4. The highest BCUT2D eigenvalue weighted by molar-refractivity contribution is 7.90. The Balaban J connectivity index is 0.000000541. The molecule has 0 amide bonds. The second-order valence-corrected chi connectivity index (χ2v) is 11.3. The number of ether oxygens (including phenoxy) is 1. The number of fused-ring (bicyclic) bond motifs is 1. The minimum atomic E-state index is -5.08. The molecule has 5 N–H and O–H groups in total. The van der Waals surface area contributed by atoms with Crippen molar-refractivity contribution >= 4 is 49.9 Å². The SMILES string of the molecule is CS(=O)(=O)c1ccc(Oc2cc(-c3ncccc3Cl)cc3c(Nc4ccn(CCN)n4)n[nH]c23)cc1.O=C(O)C(F)(F)F. The molecule has 43 heavy (non-hydrogen) atoms. The average molecular weight is 638 g/mol. The van der Waals surface area contributed by atoms with Crippen molar-refractivity contribution in [2.45, 2.75) is 17.6 Å². The molecule has 3 aromatic heterocycles. The van der Waals surface area contributed by atoms with Crippen LogP contribution >= 0.6 is 11.6 Å². The normalized spacial score (nSPS) is 11.6. The minimum Gasteiger partial charge on any atom is -0.475 e. The van der Waals surface area contributed by atoms with Crippen molar-refractivity contribution in [3.05, 3.63) is 72.0 Å². The number of alkyl halides is 3. The van der Waals surface area contributed by atoms with E-state index < -0.39 is 22.0 Å². The molecule has 2 aromatic carbocycles. The quantitative estimate of drug-likeness (QED) is 0.181. The van der Waals surface area contributed by atoms with Crippen LogP contribution in [0.4, 0.5) is 24.8 Å². The third-order valence-corrected chi connectivity index (χ3v) is 7.07. The highest BCUT2D eigenvalue weighted by atomic mass is 35.5. The van der Waals surface area contributed by atoms with Gasteiger partial charge in [-0.05, 0) is 48.5 Å². The maximum Gasteiger partial charge on any atom is 0.490 e. The number of sulfone groups is 1. The number of pyridine rings is 1. The van der Waals surface area contributed by atoms with Gasteiger partial charge in [0.25, 0.3) is 0 Å². The highest BCUT2D eigenvalue weighted by Gasteiger charge is 2.38. The van der Waals surface area contributed by atoms with Crippen LogP contribution in [0.2, 0.25) is 5.02 Å². The summed E-state index contributed by atoms with van der Waals surface area (Å²) in [4.78, 5) is 13.5. The van der Waals surface area contributed by atoms with Gasteiger partial charge in [0.05, 0.1) is 22.2 Å². The number of benzene rings is 2. The second-order valence-electron chi connectivity index (χ2n) is 8.83. The zero-order valence-electron chi connectivity index (χ0n) is 22.1. The molecule has 3 heterocycles. The fourth-order valence-corrected chi connectivity index (χ4v) is 4.55. The number of anilines is 2. The van der Waals surface area contributed by atoms with Gasteiger partial charge in [-0.3, -0.25) is 14.8 Å². The summed E-state index contributed by atoms with van der Waals surface area (Å²) in [5.41, 5.74) is 7.54. The number of aliphatic carboxylic acids is 1. The van der Waals surface area contributed by atoms with E-state index in [1.165, 1.54) is 12.1 Å². The van der Waals surface area contributed by atoms with Crippen LogP contribution < -0.4 is 15.8 Å². The Morgan fingerprint density at radius 3 is 2.49 bits per heavy atom. The topological polar surface area (TPSA) is 178 Å². The van der Waals surface area contributed by atoms with Gasteiger partial charge in [-0.2, -0.15) is 23.4 Å². The molecule has 0 aliphatic heterocycles. The number of aromatic amines is 1. The zero-order valence-corrected chi connectivity index (χ0v) is 23.7. The maximum absolute atomic E-state index is 11.8. The molecule has 0 spiro atoms. The predicted molar refractivity (Wildman–Crippen MR) is 152 cm³/mol. The summed E-state index contributed by atoms with van der Waals surface area (Å²) in [5, 5.41) is 23.5. The average Bonchev–Trinajstić information content (AvgIpc) is 3.56. The molecule has 5 rings (SSSR count). The lowest BCUT2D eigenvalue weighted by atomic mass is 10.1. The number of aromatic nitrogens is 5. The van der Waals surface area contributed by atoms with Gasteiger partial charge in [0.2, 0.25) is 0 Å². The molecule has 0 saturated carbocycles. The number of hydrogen-bond donors (Lipinski definition) is 4. The third-order valence-electron chi connectivity index (χ3n) is 5.64. The van der Waals surface area contributed by atoms with Crippen molar-refractivity contribution in [3.63, 3.8) is 0 Å². The number of nitrogens with zero attached hydrogens (tertiary/aromatic N) is 4. The van der Waals surface area contributed by atoms with Gasteiger partial charge in [-0.15, -0.1) is 0 Å². The maximum atomic E-state index is 11.8. The molecule has 5 aromatic rings. The molecular formula is C26H23ClF3N7O5S. The van der Waals surface area contributed by atoms with Gasteiger partial charge in [0, 0.05) is 42.2 Å². The second kappa shape index (κ2) is 12.7. The molecule has 17 heteroatoms. The summed E-state index contributed by atoms with van der Waals surface area (Å²) in [6, 6.07) is 15.3. The van der Waals surface area contributed by atoms with E-state index in [1.54, 1.807) is 41.2 Å². The predicted octanol–water partition coefficient (Wildman–Crippen LogP) is 5.01. The lowest BCUT2D eigenvalue weighted by Gasteiger charge is -2.11. The van der Waals surface area contributed by atoms with Crippen molar-refractivity contribution in [1.82, 2.24) is 25.0 Å². The summed E-state index contributed by atoms with van der Waals surface area (Å²) in [7, 11) is -3.32. The van der Waals surface area contributed by atoms with Crippen LogP contribution in [0.1, 0.15) is 0 Å². The fourth-order valence-electron chi connectivity index (χ4n) is 3.69. The van der Waals surface area contributed by atoms with Gasteiger partial charge in [-0.1, -0.05) is 11.6 Å². The van der Waals surface area contributed by atoms with Crippen LogP contribution in [0.3, 0.4) is 0 Å². The molecule has 0 aliphatic rings. The third kappa shape index (κ3) is 7.79. The van der Waals surface area contributed by atoms with Gasteiger partial charge < -0.3 is 20.9 Å². The molecule has 0 aliphatic carbocycles. The minimum absolute atomic E-state index is 0.205. The number of nitrogens with one attached hydrogen (secondary N) is 2. The largest absolute Gasteiger partial charge is 0.490 e. The Hall–Kier alpha value is -4.67. The number of carboxylic acids is 1. The number of carboxylic acid groups (broad SMARTS) is 1. The van der Waals surface area contributed by atoms with Crippen LogP contribution in [0, 0.1) is 0 Å². The first kappa shape index (κ1) is 31.3. The van der Waals surface area contributed by atoms with Crippen molar-refractivity contribution in [2.24, 2.45) is 5.73 Å². The highest BCUT2D eigenvalue weighted by Crippen LogP contribution is 2.38. The zero-order chi connectivity index (χ0) is 31.4. The van der Waals surface area contributed by atoms with Crippen LogP contribution in [0.15, 0.2) is 71.9 Å². The van der Waals surface area contributed by atoms with Gasteiger partial charge in [-0.25, -0.2) is 13.2 Å². The first-order valence-electron chi connectivity index (χ1n) is 12.2. The number of nitrogens with two attached hydrogens (primary N) is 1. The number of carbonyl (C=O) groups is 1. The molecule has 12 nitrogen and oxygen atoms in total. The molecule has 0 unspecified atom stereocenters. The first-order valence-corrected chi connectivity index (χ1v) is 14.4. The van der Waals surface area contributed by atoms with E-state index in [0.717, 1.165) is 11.6 Å². The molecule has 0 fully saturated rings. The molecule has 0 saturated heterocycles. The van der Waals surface area contributed by atoms with Crippen molar-refractivity contribution in [2.75, 3.05) is 18.1 Å². The Morgan fingerprint density at radius 1 is 1.19 bits per heavy atom. The Bertz CT molecular complexity index is 1860. The van der Waals surface area contributed by atoms with Gasteiger partial charge in [0.15, 0.2) is 27.2 Å². The van der Waals surface area contributed by atoms with E-state index >= 15 is 0 Å². The Kier molecular flexibility index (Phi) is 9.22. The van der Waals surface area contributed by atoms with Crippen LogP contribution in [-0.4, -0.2) is 63.4 Å². The number of rotatable bonds is 8. The fraction of sp³-hybridized carbons (Fsp3) is 0.154. The number of H-pyrrole nitrogens is 1. The Labute approximate surface area is 247 Å². The standard InChI is InChI=1S/C24H22ClN7O3S.C2HF3O2/c1-36(33,34)17-6-4-16(5-7-17)35-20-14-15(22-19(25)3-2-10-27-22)13-18-23(20)29-30-24(18)28-21-8-11-32(31-21)12-9-26;3-2(4,5)1(6)7/h2-8,10-11,13-14H,9,12,26H2,1H3,(H2,28,29,30,31);(H,6,7). The van der Waals surface area contributed by atoms with Crippen LogP contribution in [0.25, 0.3) is 22.2 Å². The molecule has 0 bridgehead atoms. The van der Waals surface area contributed by atoms with E-state index in [2.05, 4.69) is 25.6 Å². The summed E-state index contributed by atoms with van der Waals surface area (Å²) in [6.45, 7) is 1.08.